The lowest BCUT2D eigenvalue weighted by Crippen LogP contribution is -2.40. The Morgan fingerprint density at radius 1 is 1.33 bits per heavy atom. The molecule has 174 valence electrons. The van der Waals surface area contributed by atoms with Gasteiger partial charge < -0.3 is 14.5 Å². The Bertz CT molecular complexity index is 1070. The maximum Gasteiger partial charge on any atom is 0.254 e. The van der Waals surface area contributed by atoms with Gasteiger partial charge in [0.05, 0.1) is 18.3 Å². The summed E-state index contributed by atoms with van der Waals surface area (Å²) in [5, 5.41) is 9.32. The van der Waals surface area contributed by atoms with E-state index in [-0.39, 0.29) is 11.9 Å². The van der Waals surface area contributed by atoms with Gasteiger partial charge in [0.1, 0.15) is 17.4 Å². The molecule has 1 amide bonds. The third-order valence-electron chi connectivity index (χ3n) is 6.31. The standard InChI is InChI=1S/C27H34N4O2/c1-6-9-21-14-20(10-12-30(5)7-2)15-24-23(21)11-13-31(27(24)32)19(4)25-16-26(33-8-3)22(17-28)18-29-25/h6,9,14-16,18-19H,7-8,10-13H2,1-5H3/b9-6+. The number of carbonyl (C=O) groups excluding carboxylic acids is 1. The van der Waals surface area contributed by atoms with Crippen LogP contribution in [0, 0.1) is 11.3 Å². The molecule has 0 aliphatic carbocycles. The van der Waals surface area contributed by atoms with Crippen LogP contribution in [0.5, 0.6) is 5.75 Å². The van der Waals surface area contributed by atoms with Crippen molar-refractivity contribution in [2.75, 3.05) is 33.3 Å². The van der Waals surface area contributed by atoms with Crippen molar-refractivity contribution in [2.45, 2.75) is 46.6 Å². The van der Waals surface area contributed by atoms with E-state index in [4.69, 9.17) is 4.74 Å². The molecule has 2 heterocycles. The van der Waals surface area contributed by atoms with Crippen LogP contribution in [0.3, 0.4) is 0 Å². The lowest BCUT2D eigenvalue weighted by molar-refractivity contribution is 0.0668. The van der Waals surface area contributed by atoms with Crippen LogP contribution >= 0.6 is 0 Å². The third-order valence-corrected chi connectivity index (χ3v) is 6.31. The van der Waals surface area contributed by atoms with Crippen LogP contribution in [0.2, 0.25) is 0 Å². The van der Waals surface area contributed by atoms with E-state index in [0.29, 0.717) is 24.5 Å². The molecular formula is C27H34N4O2. The fourth-order valence-corrected chi connectivity index (χ4v) is 4.23. The van der Waals surface area contributed by atoms with Crippen LogP contribution in [0.1, 0.15) is 72.0 Å². The number of hydrogen-bond donors (Lipinski definition) is 0. The van der Waals surface area contributed by atoms with Gasteiger partial charge in [-0.25, -0.2) is 0 Å². The minimum absolute atomic E-state index is 0.0318. The number of hydrogen-bond acceptors (Lipinski definition) is 5. The molecule has 0 bridgehead atoms. The molecule has 0 fully saturated rings. The van der Waals surface area contributed by atoms with Crippen molar-refractivity contribution in [2.24, 2.45) is 0 Å². The fourth-order valence-electron chi connectivity index (χ4n) is 4.23. The summed E-state index contributed by atoms with van der Waals surface area (Å²) < 4.78 is 5.63. The van der Waals surface area contributed by atoms with Gasteiger partial charge in [-0.3, -0.25) is 9.78 Å². The third kappa shape index (κ3) is 5.43. The first-order chi connectivity index (χ1) is 15.9. The van der Waals surface area contributed by atoms with Gasteiger partial charge in [0, 0.05) is 30.9 Å². The number of pyridine rings is 1. The fraction of sp³-hybridized carbons (Fsp3) is 0.444. The Morgan fingerprint density at radius 2 is 2.12 bits per heavy atom. The number of nitriles is 1. The second-order valence-corrected chi connectivity index (χ2v) is 8.43. The number of aromatic nitrogens is 1. The first-order valence-electron chi connectivity index (χ1n) is 11.7. The van der Waals surface area contributed by atoms with Crippen LogP contribution < -0.4 is 4.74 Å². The average molecular weight is 447 g/mol. The molecule has 33 heavy (non-hydrogen) atoms. The first kappa shape index (κ1) is 24.5. The highest BCUT2D eigenvalue weighted by atomic mass is 16.5. The van der Waals surface area contributed by atoms with E-state index in [0.717, 1.165) is 48.3 Å². The van der Waals surface area contributed by atoms with Gasteiger partial charge in [-0.1, -0.05) is 25.1 Å². The molecule has 0 radical (unpaired) electrons. The number of amides is 1. The molecule has 1 atom stereocenters. The molecule has 1 aliphatic rings. The summed E-state index contributed by atoms with van der Waals surface area (Å²) in [6.07, 6.45) is 7.38. The lowest BCUT2D eigenvalue weighted by atomic mass is 9.89. The van der Waals surface area contributed by atoms with Gasteiger partial charge in [-0.15, -0.1) is 0 Å². The van der Waals surface area contributed by atoms with E-state index in [1.165, 1.54) is 11.8 Å². The molecule has 1 unspecified atom stereocenters. The van der Waals surface area contributed by atoms with Gasteiger partial charge >= 0.3 is 0 Å². The highest BCUT2D eigenvalue weighted by Gasteiger charge is 2.31. The predicted octanol–water partition coefficient (Wildman–Crippen LogP) is 4.64. The van der Waals surface area contributed by atoms with E-state index in [1.807, 2.05) is 31.7 Å². The molecule has 6 nitrogen and oxygen atoms in total. The second kappa shape index (κ2) is 11.1. The van der Waals surface area contributed by atoms with E-state index in [2.05, 4.69) is 48.1 Å². The van der Waals surface area contributed by atoms with Crippen molar-refractivity contribution in [3.05, 3.63) is 64.0 Å². The lowest BCUT2D eigenvalue weighted by Gasteiger charge is -2.34. The summed E-state index contributed by atoms with van der Waals surface area (Å²) >= 11 is 0. The summed E-state index contributed by atoms with van der Waals surface area (Å²) in [7, 11) is 2.11. The number of fused-ring (bicyclic) bond motifs is 1. The monoisotopic (exact) mass is 446 g/mol. The molecular weight excluding hydrogens is 412 g/mol. The smallest absolute Gasteiger partial charge is 0.254 e. The second-order valence-electron chi connectivity index (χ2n) is 8.43. The van der Waals surface area contributed by atoms with Gasteiger partial charge in [0.15, 0.2) is 0 Å². The van der Waals surface area contributed by atoms with Crippen LogP contribution in [-0.2, 0) is 12.8 Å². The van der Waals surface area contributed by atoms with Crippen molar-refractivity contribution in [3.63, 3.8) is 0 Å². The van der Waals surface area contributed by atoms with E-state index < -0.39 is 0 Å². The van der Waals surface area contributed by atoms with Crippen LogP contribution in [0.15, 0.2) is 30.5 Å². The van der Waals surface area contributed by atoms with Crippen molar-refractivity contribution >= 4 is 12.0 Å². The minimum atomic E-state index is -0.224. The SMILES string of the molecule is C/C=C/c1cc(CCN(C)CC)cc2c1CCN(C(C)c1cc(OCC)c(C#N)cn1)C2=O. The Labute approximate surface area is 197 Å². The number of benzene rings is 1. The molecule has 0 saturated heterocycles. The number of nitrogens with zero attached hydrogens (tertiary/aromatic N) is 4. The first-order valence-corrected chi connectivity index (χ1v) is 11.7. The number of likely N-dealkylation sites (N-methyl/N-ethyl adjacent to an activating group) is 1. The summed E-state index contributed by atoms with van der Waals surface area (Å²) in [6.45, 7) is 11.1. The maximum atomic E-state index is 13.6. The van der Waals surface area contributed by atoms with Crippen molar-refractivity contribution in [3.8, 4) is 11.8 Å². The molecule has 2 aromatic rings. The van der Waals surface area contributed by atoms with E-state index >= 15 is 0 Å². The van der Waals surface area contributed by atoms with Crippen molar-refractivity contribution in [1.29, 1.82) is 5.26 Å². The average Bonchev–Trinajstić information content (AvgIpc) is 2.83. The van der Waals surface area contributed by atoms with Gasteiger partial charge in [-0.05, 0) is 70.0 Å². The molecule has 0 N–H and O–H groups in total. The zero-order valence-corrected chi connectivity index (χ0v) is 20.4. The highest BCUT2D eigenvalue weighted by Crippen LogP contribution is 2.32. The van der Waals surface area contributed by atoms with Gasteiger partial charge in [0.25, 0.3) is 5.91 Å². The minimum Gasteiger partial charge on any atom is -0.492 e. The molecule has 1 aromatic carbocycles. The topological polar surface area (TPSA) is 69.5 Å². The Kier molecular flexibility index (Phi) is 8.24. The Balaban J connectivity index is 1.93. The quantitative estimate of drug-likeness (QED) is 0.561. The maximum absolute atomic E-state index is 13.6. The Hall–Kier alpha value is -3.17. The zero-order valence-electron chi connectivity index (χ0n) is 20.4. The molecule has 0 saturated carbocycles. The molecule has 6 heteroatoms. The summed E-state index contributed by atoms with van der Waals surface area (Å²) in [6, 6.07) is 7.99. The van der Waals surface area contributed by atoms with Crippen molar-refractivity contribution in [1.82, 2.24) is 14.8 Å². The highest BCUT2D eigenvalue weighted by molar-refractivity contribution is 5.98. The van der Waals surface area contributed by atoms with Crippen LogP contribution in [0.4, 0.5) is 0 Å². The normalized spacial score (nSPS) is 14.5. The molecule has 0 spiro atoms. The summed E-state index contributed by atoms with van der Waals surface area (Å²) in [5.41, 5.74) is 5.36. The summed E-state index contributed by atoms with van der Waals surface area (Å²) in [5.74, 6) is 0.545. The largest absolute Gasteiger partial charge is 0.492 e. The van der Waals surface area contributed by atoms with Crippen molar-refractivity contribution < 1.29 is 9.53 Å². The number of carbonyl (C=O) groups is 1. The van der Waals surface area contributed by atoms with E-state index in [1.54, 1.807) is 6.07 Å². The number of rotatable bonds is 9. The Morgan fingerprint density at radius 3 is 2.79 bits per heavy atom. The van der Waals surface area contributed by atoms with Gasteiger partial charge in [-0.2, -0.15) is 5.26 Å². The van der Waals surface area contributed by atoms with Gasteiger partial charge in [0.2, 0.25) is 0 Å². The zero-order chi connectivity index (χ0) is 24.0. The number of allylic oxidation sites excluding steroid dienone is 1. The van der Waals surface area contributed by atoms with E-state index in [9.17, 15) is 10.1 Å². The van der Waals surface area contributed by atoms with Crippen LogP contribution in [0.25, 0.3) is 6.08 Å². The van der Waals surface area contributed by atoms with Crippen LogP contribution in [-0.4, -0.2) is 54.0 Å². The summed E-state index contributed by atoms with van der Waals surface area (Å²) in [4.78, 5) is 22.3. The number of ether oxygens (including phenoxy) is 1. The predicted molar refractivity (Wildman–Crippen MR) is 131 cm³/mol. The molecule has 1 aliphatic heterocycles. The molecule has 1 aromatic heterocycles. The molecule has 3 rings (SSSR count).